The first-order chi connectivity index (χ1) is 12.4. The van der Waals surface area contributed by atoms with Crippen LogP contribution in [0.4, 0.5) is 5.69 Å². The average molecular weight is 407 g/mol. The molecule has 0 aliphatic carbocycles. The summed E-state index contributed by atoms with van der Waals surface area (Å²) in [4.78, 5) is 12.3. The molecule has 5 nitrogen and oxygen atoms in total. The SMILES string of the molecule is Cc1ccc(Cl)cc1NC(=O)CSc1nnc(C)n1-c1ccc(Cl)cc1. The molecule has 0 saturated heterocycles. The van der Waals surface area contributed by atoms with Gasteiger partial charge in [0.15, 0.2) is 5.16 Å². The van der Waals surface area contributed by atoms with Crippen LogP contribution < -0.4 is 5.32 Å². The number of carbonyl (C=O) groups excluding carboxylic acids is 1. The third kappa shape index (κ3) is 4.38. The average Bonchev–Trinajstić information content (AvgIpc) is 2.98. The Kier molecular flexibility index (Phi) is 5.86. The lowest BCUT2D eigenvalue weighted by Crippen LogP contribution is -2.15. The van der Waals surface area contributed by atoms with Crippen molar-refractivity contribution >= 4 is 46.6 Å². The molecule has 26 heavy (non-hydrogen) atoms. The van der Waals surface area contributed by atoms with E-state index in [1.54, 1.807) is 24.3 Å². The molecule has 0 aliphatic rings. The first kappa shape index (κ1) is 18.8. The molecule has 1 aromatic heterocycles. The number of anilines is 1. The van der Waals surface area contributed by atoms with Crippen molar-refractivity contribution in [2.75, 3.05) is 11.1 Å². The minimum atomic E-state index is -0.135. The predicted molar refractivity (Wildman–Crippen MR) is 107 cm³/mol. The smallest absolute Gasteiger partial charge is 0.234 e. The molecule has 3 aromatic rings. The van der Waals surface area contributed by atoms with Gasteiger partial charge in [0, 0.05) is 21.4 Å². The molecule has 8 heteroatoms. The van der Waals surface area contributed by atoms with E-state index in [2.05, 4.69) is 15.5 Å². The van der Waals surface area contributed by atoms with Gasteiger partial charge in [0.1, 0.15) is 5.82 Å². The number of thioether (sulfide) groups is 1. The molecular formula is C18H16Cl2N4OS. The van der Waals surface area contributed by atoms with E-state index in [0.29, 0.717) is 20.9 Å². The highest BCUT2D eigenvalue weighted by Gasteiger charge is 2.14. The van der Waals surface area contributed by atoms with Crippen molar-refractivity contribution in [3.63, 3.8) is 0 Å². The maximum absolute atomic E-state index is 12.3. The van der Waals surface area contributed by atoms with Gasteiger partial charge in [-0.05, 0) is 55.8 Å². The van der Waals surface area contributed by atoms with E-state index >= 15 is 0 Å². The Morgan fingerprint density at radius 3 is 2.50 bits per heavy atom. The Labute approximate surface area is 165 Å². The summed E-state index contributed by atoms with van der Waals surface area (Å²) in [6.07, 6.45) is 0. The van der Waals surface area contributed by atoms with Gasteiger partial charge in [-0.3, -0.25) is 9.36 Å². The van der Waals surface area contributed by atoms with Crippen LogP contribution in [0.15, 0.2) is 47.6 Å². The molecule has 0 aliphatic heterocycles. The quantitative estimate of drug-likeness (QED) is 0.610. The standard InChI is InChI=1S/C18H16Cl2N4OS/c1-11-3-4-14(20)9-16(11)21-17(25)10-26-18-23-22-12(2)24(18)15-7-5-13(19)6-8-15/h3-9H,10H2,1-2H3,(H,21,25). The predicted octanol–water partition coefficient (Wildman–Crippen LogP) is 4.92. The molecule has 134 valence electrons. The Balaban J connectivity index is 1.71. The van der Waals surface area contributed by atoms with Crippen molar-refractivity contribution in [2.45, 2.75) is 19.0 Å². The normalized spacial score (nSPS) is 10.8. The zero-order valence-electron chi connectivity index (χ0n) is 14.2. The maximum atomic E-state index is 12.3. The summed E-state index contributed by atoms with van der Waals surface area (Å²) in [5.74, 6) is 0.808. The largest absolute Gasteiger partial charge is 0.325 e. The number of amides is 1. The molecule has 1 N–H and O–H groups in total. The molecule has 2 aromatic carbocycles. The second-order valence-corrected chi connectivity index (χ2v) is 7.45. The van der Waals surface area contributed by atoms with E-state index in [0.717, 1.165) is 17.1 Å². The van der Waals surface area contributed by atoms with Crippen LogP contribution >= 0.6 is 35.0 Å². The fourth-order valence-corrected chi connectivity index (χ4v) is 3.46. The van der Waals surface area contributed by atoms with Crippen molar-refractivity contribution in [1.82, 2.24) is 14.8 Å². The number of nitrogens with zero attached hydrogens (tertiary/aromatic N) is 3. The molecule has 0 radical (unpaired) electrons. The number of hydrogen-bond acceptors (Lipinski definition) is 4. The first-order valence-corrected chi connectivity index (χ1v) is 9.55. The van der Waals surface area contributed by atoms with Crippen LogP contribution in [-0.4, -0.2) is 26.4 Å². The van der Waals surface area contributed by atoms with Gasteiger partial charge < -0.3 is 5.32 Å². The van der Waals surface area contributed by atoms with Crippen molar-refractivity contribution < 1.29 is 4.79 Å². The van der Waals surface area contributed by atoms with E-state index in [9.17, 15) is 4.79 Å². The summed E-state index contributed by atoms with van der Waals surface area (Å²) >= 11 is 13.3. The maximum Gasteiger partial charge on any atom is 0.234 e. The molecule has 0 bridgehead atoms. The Bertz CT molecular complexity index is 941. The van der Waals surface area contributed by atoms with Crippen molar-refractivity contribution in [2.24, 2.45) is 0 Å². The van der Waals surface area contributed by atoms with Gasteiger partial charge in [-0.2, -0.15) is 0 Å². The molecule has 1 heterocycles. The summed E-state index contributed by atoms with van der Waals surface area (Å²) in [6, 6.07) is 12.8. The van der Waals surface area contributed by atoms with Gasteiger partial charge in [0.25, 0.3) is 0 Å². The van der Waals surface area contributed by atoms with Gasteiger partial charge in [0.05, 0.1) is 5.75 Å². The monoisotopic (exact) mass is 406 g/mol. The van der Waals surface area contributed by atoms with E-state index in [-0.39, 0.29) is 11.7 Å². The number of hydrogen-bond donors (Lipinski definition) is 1. The van der Waals surface area contributed by atoms with Crippen molar-refractivity contribution in [3.8, 4) is 5.69 Å². The fourth-order valence-electron chi connectivity index (χ4n) is 2.37. The van der Waals surface area contributed by atoms with E-state index < -0.39 is 0 Å². The zero-order chi connectivity index (χ0) is 18.7. The number of aryl methyl sites for hydroxylation is 2. The van der Waals surface area contributed by atoms with Crippen LogP contribution in [0.25, 0.3) is 5.69 Å². The summed E-state index contributed by atoms with van der Waals surface area (Å²) in [5.41, 5.74) is 2.55. The minimum absolute atomic E-state index is 0.135. The molecular weight excluding hydrogens is 391 g/mol. The molecule has 3 rings (SSSR count). The lowest BCUT2D eigenvalue weighted by molar-refractivity contribution is -0.113. The number of nitrogens with one attached hydrogen (secondary N) is 1. The van der Waals surface area contributed by atoms with Gasteiger partial charge in [0.2, 0.25) is 5.91 Å². The first-order valence-electron chi connectivity index (χ1n) is 7.81. The van der Waals surface area contributed by atoms with Crippen LogP contribution in [0, 0.1) is 13.8 Å². The van der Waals surface area contributed by atoms with E-state index in [1.165, 1.54) is 11.8 Å². The number of carbonyl (C=O) groups is 1. The lowest BCUT2D eigenvalue weighted by Gasteiger charge is -2.10. The third-order valence-electron chi connectivity index (χ3n) is 3.69. The van der Waals surface area contributed by atoms with E-state index in [4.69, 9.17) is 23.2 Å². The number of rotatable bonds is 5. The zero-order valence-corrected chi connectivity index (χ0v) is 16.5. The molecule has 0 fully saturated rings. The summed E-state index contributed by atoms with van der Waals surface area (Å²) < 4.78 is 1.89. The number of benzene rings is 2. The highest BCUT2D eigenvalue weighted by molar-refractivity contribution is 7.99. The number of halogens is 2. The third-order valence-corrected chi connectivity index (χ3v) is 5.10. The minimum Gasteiger partial charge on any atom is -0.325 e. The summed E-state index contributed by atoms with van der Waals surface area (Å²) in [5, 5.41) is 13.0. The Hall–Kier alpha value is -2.02. The topological polar surface area (TPSA) is 59.8 Å². The van der Waals surface area contributed by atoms with Gasteiger partial charge in [-0.1, -0.05) is 41.0 Å². The number of aromatic nitrogens is 3. The van der Waals surface area contributed by atoms with Gasteiger partial charge >= 0.3 is 0 Å². The van der Waals surface area contributed by atoms with E-state index in [1.807, 2.05) is 36.6 Å². The second kappa shape index (κ2) is 8.12. The van der Waals surface area contributed by atoms with Crippen LogP contribution in [0.2, 0.25) is 10.0 Å². The van der Waals surface area contributed by atoms with Crippen LogP contribution in [0.1, 0.15) is 11.4 Å². The van der Waals surface area contributed by atoms with Gasteiger partial charge in [-0.25, -0.2) is 0 Å². The highest BCUT2D eigenvalue weighted by atomic mass is 35.5. The fraction of sp³-hybridized carbons (Fsp3) is 0.167. The lowest BCUT2D eigenvalue weighted by atomic mass is 10.2. The van der Waals surface area contributed by atoms with Crippen molar-refractivity contribution in [3.05, 3.63) is 63.9 Å². The van der Waals surface area contributed by atoms with Crippen molar-refractivity contribution in [1.29, 1.82) is 0 Å². The molecule has 1 amide bonds. The molecule has 0 unspecified atom stereocenters. The Morgan fingerprint density at radius 1 is 1.08 bits per heavy atom. The molecule has 0 spiro atoms. The van der Waals surface area contributed by atoms with Crippen LogP contribution in [0.3, 0.4) is 0 Å². The molecule has 0 saturated carbocycles. The van der Waals surface area contributed by atoms with Crippen LogP contribution in [-0.2, 0) is 4.79 Å². The Morgan fingerprint density at radius 2 is 1.77 bits per heavy atom. The summed E-state index contributed by atoms with van der Waals surface area (Å²) in [6.45, 7) is 3.78. The van der Waals surface area contributed by atoms with Crippen LogP contribution in [0.5, 0.6) is 0 Å². The highest BCUT2D eigenvalue weighted by Crippen LogP contribution is 2.24. The van der Waals surface area contributed by atoms with Gasteiger partial charge in [-0.15, -0.1) is 10.2 Å². The summed E-state index contributed by atoms with van der Waals surface area (Å²) in [7, 11) is 0. The molecule has 0 atom stereocenters. The second-order valence-electron chi connectivity index (χ2n) is 5.64.